The predicted octanol–water partition coefficient (Wildman–Crippen LogP) is 6.26. The minimum atomic E-state index is -1.44. The van der Waals surface area contributed by atoms with Gasteiger partial charge in [-0.1, -0.05) is 87.6 Å². The molecule has 1 saturated carbocycles. The summed E-state index contributed by atoms with van der Waals surface area (Å²) in [7, 11) is -1.44. The third kappa shape index (κ3) is 8.59. The first-order valence-corrected chi connectivity index (χ1v) is 16.6. The molecule has 2 aliphatic rings. The first kappa shape index (κ1) is 25.9. The largest absolute Gasteiger partial charge is 0.396 e. The number of benzene rings is 1. The van der Waals surface area contributed by atoms with Crippen LogP contribution in [0.25, 0.3) is 0 Å². The molecule has 3 nitrogen and oxygen atoms in total. The highest BCUT2D eigenvalue weighted by atomic mass is 28.3. The number of ether oxygens (including phenoxy) is 2. The molecule has 0 radical (unpaired) electrons. The van der Waals surface area contributed by atoms with Gasteiger partial charge in [-0.2, -0.15) is 0 Å². The molecule has 1 aliphatic heterocycles. The molecular weight excluding hydrogens is 412 g/mol. The maximum absolute atomic E-state index is 9.68. The van der Waals surface area contributed by atoms with E-state index < -0.39 is 8.07 Å². The Morgan fingerprint density at radius 1 is 1.06 bits per heavy atom. The van der Waals surface area contributed by atoms with E-state index in [0.29, 0.717) is 19.3 Å². The summed E-state index contributed by atoms with van der Waals surface area (Å²) in [6.07, 6.45) is 13.8. The van der Waals surface area contributed by atoms with Crippen molar-refractivity contribution in [2.24, 2.45) is 11.8 Å². The molecule has 1 aromatic rings. The van der Waals surface area contributed by atoms with Gasteiger partial charge < -0.3 is 14.6 Å². The van der Waals surface area contributed by atoms with E-state index in [1.54, 1.807) is 10.8 Å². The Kier molecular flexibility index (Phi) is 10.8. The van der Waals surface area contributed by atoms with Gasteiger partial charge in [-0.05, 0) is 49.5 Å². The molecule has 0 aromatic heterocycles. The van der Waals surface area contributed by atoms with E-state index in [-0.39, 0.29) is 12.5 Å². The third-order valence-electron chi connectivity index (χ3n) is 7.96. The number of rotatable bonds is 15. The van der Waals surface area contributed by atoms with E-state index in [9.17, 15) is 5.11 Å². The third-order valence-corrected chi connectivity index (χ3v) is 11.5. The normalized spacial score (nSPS) is 24.4. The molecule has 1 saturated heterocycles. The summed E-state index contributed by atoms with van der Waals surface area (Å²) in [5.74, 6) is 2.03. The fraction of sp³-hybridized carbons (Fsp3) is 0.786. The van der Waals surface area contributed by atoms with Crippen LogP contribution in [0.4, 0.5) is 0 Å². The molecule has 1 aromatic carbocycles. The summed E-state index contributed by atoms with van der Waals surface area (Å²) in [5, 5.41) is 11.3. The van der Waals surface area contributed by atoms with Gasteiger partial charge in [0.2, 0.25) is 0 Å². The van der Waals surface area contributed by atoms with Gasteiger partial charge in [0.05, 0.1) is 27.9 Å². The average Bonchev–Trinajstić information content (AvgIpc) is 3.63. The maximum atomic E-state index is 9.68. The summed E-state index contributed by atoms with van der Waals surface area (Å²) in [6.45, 7) is 9.71. The topological polar surface area (TPSA) is 42.0 Å². The summed E-state index contributed by atoms with van der Waals surface area (Å²) in [6, 6.07) is 11.0. The van der Waals surface area contributed by atoms with Crippen molar-refractivity contribution in [1.82, 2.24) is 0 Å². The second kappa shape index (κ2) is 13.3. The van der Waals surface area contributed by atoms with E-state index in [1.807, 2.05) is 0 Å². The molecule has 0 spiro atoms. The molecule has 1 aliphatic carbocycles. The van der Waals surface area contributed by atoms with Crippen molar-refractivity contribution in [2.75, 3.05) is 26.4 Å². The highest BCUT2D eigenvalue weighted by Gasteiger charge is 2.26. The Balaban J connectivity index is 1.39. The van der Waals surface area contributed by atoms with Crippen LogP contribution in [0.3, 0.4) is 0 Å². The van der Waals surface area contributed by atoms with E-state index in [0.717, 1.165) is 24.9 Å². The Labute approximate surface area is 198 Å². The molecule has 32 heavy (non-hydrogen) atoms. The monoisotopic (exact) mass is 460 g/mol. The number of aliphatic hydroxyl groups is 1. The van der Waals surface area contributed by atoms with Crippen LogP contribution in [-0.4, -0.2) is 45.7 Å². The van der Waals surface area contributed by atoms with Crippen LogP contribution in [0.1, 0.15) is 82.6 Å². The van der Waals surface area contributed by atoms with E-state index in [4.69, 9.17) is 9.47 Å². The molecule has 4 heteroatoms. The van der Waals surface area contributed by atoms with E-state index in [2.05, 4.69) is 44.3 Å². The Morgan fingerprint density at radius 3 is 2.41 bits per heavy atom. The van der Waals surface area contributed by atoms with Gasteiger partial charge in [-0.15, -0.1) is 0 Å². The molecule has 1 heterocycles. The first-order valence-electron chi connectivity index (χ1n) is 13.4. The predicted molar refractivity (Wildman–Crippen MR) is 138 cm³/mol. The molecule has 2 atom stereocenters. The van der Waals surface area contributed by atoms with Gasteiger partial charge >= 0.3 is 0 Å². The van der Waals surface area contributed by atoms with Crippen molar-refractivity contribution >= 4 is 13.3 Å². The molecular formula is C28H48O3Si. The molecule has 2 fully saturated rings. The fourth-order valence-electron chi connectivity index (χ4n) is 5.41. The van der Waals surface area contributed by atoms with E-state index >= 15 is 0 Å². The molecule has 0 bridgehead atoms. The van der Waals surface area contributed by atoms with Crippen molar-refractivity contribution in [3.8, 4) is 0 Å². The number of hydrogen-bond acceptors (Lipinski definition) is 3. The van der Waals surface area contributed by atoms with E-state index in [1.165, 1.54) is 63.8 Å². The lowest BCUT2D eigenvalue weighted by atomic mass is 9.77. The van der Waals surface area contributed by atoms with Crippen molar-refractivity contribution in [3.63, 3.8) is 0 Å². The first-order chi connectivity index (χ1) is 15.5. The van der Waals surface area contributed by atoms with Crippen LogP contribution in [0.2, 0.25) is 19.1 Å². The number of aliphatic hydroxyl groups excluding tert-OH is 1. The zero-order chi connectivity index (χ0) is 22.8. The Hall–Kier alpha value is -0.683. The van der Waals surface area contributed by atoms with Crippen LogP contribution in [0, 0.1) is 11.8 Å². The Bertz CT molecular complexity index is 633. The van der Waals surface area contributed by atoms with Gasteiger partial charge in [0.25, 0.3) is 0 Å². The second-order valence-corrected chi connectivity index (χ2v) is 16.0. The van der Waals surface area contributed by atoms with Crippen molar-refractivity contribution in [2.45, 2.75) is 102 Å². The molecule has 2 unspecified atom stereocenters. The zero-order valence-corrected chi connectivity index (χ0v) is 22.0. The molecule has 0 amide bonds. The van der Waals surface area contributed by atoms with Crippen LogP contribution >= 0.6 is 0 Å². The lowest BCUT2D eigenvalue weighted by Gasteiger charge is -2.30. The summed E-state index contributed by atoms with van der Waals surface area (Å²) >= 11 is 0. The number of unbranched alkanes of at least 4 members (excludes halogenated alkanes) is 2. The molecule has 1 N–H and O–H groups in total. The van der Waals surface area contributed by atoms with Crippen molar-refractivity contribution < 1.29 is 14.6 Å². The lowest BCUT2D eigenvalue weighted by molar-refractivity contribution is 0.0600. The minimum Gasteiger partial charge on any atom is -0.396 e. The van der Waals surface area contributed by atoms with Gasteiger partial charge in [0.15, 0.2) is 0 Å². The molecule has 3 rings (SSSR count). The SMILES string of the molecule is CCCCCC1CCC(c2ccc([Si](C)(C)CCCC(CO)COCC3CO3)cc2)CC1. The highest BCUT2D eigenvalue weighted by molar-refractivity contribution is 6.89. The van der Waals surface area contributed by atoms with Crippen LogP contribution in [-0.2, 0) is 9.47 Å². The highest BCUT2D eigenvalue weighted by Crippen LogP contribution is 2.37. The quantitative estimate of drug-likeness (QED) is 0.191. The number of epoxide rings is 1. The van der Waals surface area contributed by atoms with Crippen LogP contribution in [0.5, 0.6) is 0 Å². The standard InChI is InChI=1S/C28H48O3Si/c1-4-5-6-8-23-10-12-25(13-11-23)26-14-16-28(17-15-26)32(2,3)18-7-9-24(19-29)20-30-21-27-22-31-27/h14-17,23-25,27,29H,4-13,18-22H2,1-3H3. The van der Waals surface area contributed by atoms with Gasteiger partial charge in [-0.3, -0.25) is 0 Å². The van der Waals surface area contributed by atoms with Crippen molar-refractivity contribution in [3.05, 3.63) is 29.8 Å². The summed E-state index contributed by atoms with van der Waals surface area (Å²) < 4.78 is 10.9. The smallest absolute Gasteiger partial charge is 0.104 e. The van der Waals surface area contributed by atoms with Gasteiger partial charge in [0.1, 0.15) is 6.10 Å². The molecule has 182 valence electrons. The minimum absolute atomic E-state index is 0.225. The van der Waals surface area contributed by atoms with Crippen LogP contribution < -0.4 is 5.19 Å². The second-order valence-electron chi connectivity index (χ2n) is 11.2. The average molecular weight is 461 g/mol. The Morgan fingerprint density at radius 2 is 1.78 bits per heavy atom. The number of hydrogen-bond donors (Lipinski definition) is 1. The van der Waals surface area contributed by atoms with Gasteiger partial charge in [-0.25, -0.2) is 0 Å². The lowest BCUT2D eigenvalue weighted by Crippen LogP contribution is -2.41. The van der Waals surface area contributed by atoms with Crippen LogP contribution in [0.15, 0.2) is 24.3 Å². The summed E-state index contributed by atoms with van der Waals surface area (Å²) in [4.78, 5) is 0. The van der Waals surface area contributed by atoms with Gasteiger partial charge in [0, 0.05) is 12.5 Å². The fourth-order valence-corrected chi connectivity index (χ4v) is 7.85. The zero-order valence-electron chi connectivity index (χ0n) is 21.0. The summed E-state index contributed by atoms with van der Waals surface area (Å²) in [5.41, 5.74) is 1.57. The maximum Gasteiger partial charge on any atom is 0.104 e. The van der Waals surface area contributed by atoms with Crippen molar-refractivity contribution in [1.29, 1.82) is 0 Å².